The van der Waals surface area contributed by atoms with Gasteiger partial charge in [0, 0.05) is 23.1 Å². The molecular weight excluding hydrogens is 403 g/mol. The second-order valence-corrected chi connectivity index (χ2v) is 8.38. The minimum absolute atomic E-state index is 0.0857. The van der Waals surface area contributed by atoms with E-state index in [4.69, 9.17) is 14.6 Å². The van der Waals surface area contributed by atoms with E-state index in [0.717, 1.165) is 0 Å². The van der Waals surface area contributed by atoms with E-state index in [1.165, 1.54) is 12.1 Å². The van der Waals surface area contributed by atoms with Crippen molar-refractivity contribution < 1.29 is 23.8 Å². The first-order valence-corrected chi connectivity index (χ1v) is 10.2. The zero-order valence-corrected chi connectivity index (χ0v) is 18.0. The summed E-state index contributed by atoms with van der Waals surface area (Å²) in [6.45, 7) is 7.29. The zero-order chi connectivity index (χ0) is 22.8. The van der Waals surface area contributed by atoms with Gasteiger partial charge in [0.25, 0.3) is 5.56 Å². The van der Waals surface area contributed by atoms with Crippen LogP contribution in [0.1, 0.15) is 57.6 Å². The highest BCUT2D eigenvalue weighted by atomic mass is 19.1. The minimum Gasteiger partial charge on any atom is -0.481 e. The van der Waals surface area contributed by atoms with Crippen LogP contribution in [0.15, 0.2) is 35.1 Å². The van der Waals surface area contributed by atoms with Crippen LogP contribution in [0.2, 0.25) is 0 Å². The van der Waals surface area contributed by atoms with Gasteiger partial charge >= 0.3 is 5.97 Å². The van der Waals surface area contributed by atoms with E-state index in [-0.39, 0.29) is 23.7 Å². The molecule has 2 atom stereocenters. The van der Waals surface area contributed by atoms with E-state index in [9.17, 15) is 14.0 Å². The zero-order valence-electron chi connectivity index (χ0n) is 18.0. The van der Waals surface area contributed by atoms with Gasteiger partial charge in [-0.05, 0) is 44.0 Å². The Hall–Kier alpha value is -2.84. The van der Waals surface area contributed by atoms with Crippen LogP contribution in [-0.2, 0) is 14.3 Å². The number of carboxylic acids is 1. The van der Waals surface area contributed by atoms with Crippen LogP contribution in [0.25, 0.3) is 17.3 Å². The standard InChI is InChI=1S/C23H27FN2O5/c1-13(2)20-18(21(25-26-22(20)29)14-5-7-15(24)8-6-14)10-9-16-11-17(12-19(27)28)31-23(3,4)30-16/h5-10,13,16-17H,11-12H2,1-4H3,(H,26,29)(H,27,28)/b10-9+/t16-,17-/m1/s1. The number of hydrogen-bond acceptors (Lipinski definition) is 5. The number of carboxylic acid groups (broad SMARTS) is 1. The molecule has 1 aromatic heterocycles. The van der Waals surface area contributed by atoms with Crippen molar-refractivity contribution in [1.82, 2.24) is 10.2 Å². The second-order valence-electron chi connectivity index (χ2n) is 8.38. The van der Waals surface area contributed by atoms with Crippen LogP contribution in [0.3, 0.4) is 0 Å². The summed E-state index contributed by atoms with van der Waals surface area (Å²) >= 11 is 0. The SMILES string of the molecule is CC(C)c1c(/C=C/[C@@H]2C[C@H](CC(=O)O)OC(C)(C)O2)c(-c2ccc(F)cc2)n[nH]c1=O. The van der Waals surface area contributed by atoms with Crippen LogP contribution in [0, 0.1) is 5.82 Å². The number of halogens is 1. The molecule has 2 aromatic rings. The molecule has 0 radical (unpaired) electrons. The third-order valence-electron chi connectivity index (χ3n) is 5.01. The van der Waals surface area contributed by atoms with Crippen molar-refractivity contribution in [2.75, 3.05) is 0 Å². The van der Waals surface area contributed by atoms with Gasteiger partial charge in [0.05, 0.1) is 24.3 Å². The van der Waals surface area contributed by atoms with E-state index in [1.54, 1.807) is 38.1 Å². The minimum atomic E-state index is -0.944. The molecule has 1 aliphatic rings. The second kappa shape index (κ2) is 9.11. The fourth-order valence-electron chi connectivity index (χ4n) is 3.84. The van der Waals surface area contributed by atoms with Gasteiger partial charge in [-0.3, -0.25) is 9.59 Å². The van der Waals surface area contributed by atoms with Gasteiger partial charge < -0.3 is 14.6 Å². The molecule has 2 heterocycles. The highest BCUT2D eigenvalue weighted by molar-refractivity contribution is 5.74. The van der Waals surface area contributed by atoms with Gasteiger partial charge in [-0.1, -0.05) is 26.0 Å². The molecule has 2 N–H and O–H groups in total. The van der Waals surface area contributed by atoms with E-state index < -0.39 is 24.0 Å². The first-order chi connectivity index (χ1) is 14.6. The molecule has 1 saturated heterocycles. The Kier molecular flexibility index (Phi) is 6.71. The lowest BCUT2D eigenvalue weighted by molar-refractivity contribution is -0.290. The van der Waals surface area contributed by atoms with Crippen molar-refractivity contribution in [2.45, 2.75) is 64.4 Å². The van der Waals surface area contributed by atoms with Crippen molar-refractivity contribution in [3.63, 3.8) is 0 Å². The molecule has 0 aliphatic carbocycles. The number of ether oxygens (including phenoxy) is 2. The van der Waals surface area contributed by atoms with Crippen molar-refractivity contribution in [3.8, 4) is 11.3 Å². The van der Waals surface area contributed by atoms with Gasteiger partial charge in [-0.15, -0.1) is 0 Å². The topological polar surface area (TPSA) is 102 Å². The molecule has 8 heteroatoms. The van der Waals surface area contributed by atoms with E-state index in [1.807, 2.05) is 13.8 Å². The third kappa shape index (κ3) is 5.65. The number of carbonyl (C=O) groups is 1. The van der Waals surface area contributed by atoms with Gasteiger partial charge in [0.15, 0.2) is 5.79 Å². The van der Waals surface area contributed by atoms with Crippen molar-refractivity contribution in [3.05, 3.63) is 57.6 Å². The molecule has 0 saturated carbocycles. The Morgan fingerprint density at radius 3 is 2.61 bits per heavy atom. The lowest BCUT2D eigenvalue weighted by Crippen LogP contribution is -2.44. The number of benzene rings is 1. The first-order valence-electron chi connectivity index (χ1n) is 10.2. The largest absolute Gasteiger partial charge is 0.481 e. The molecule has 1 aromatic carbocycles. The number of rotatable bonds is 6. The molecule has 3 rings (SSSR count). The lowest BCUT2D eigenvalue weighted by atomic mass is 9.94. The summed E-state index contributed by atoms with van der Waals surface area (Å²) in [5.41, 5.74) is 2.06. The average Bonchev–Trinajstić information content (AvgIpc) is 2.65. The predicted molar refractivity (Wildman–Crippen MR) is 114 cm³/mol. The Bertz CT molecular complexity index is 1030. The maximum Gasteiger partial charge on any atom is 0.305 e. The molecule has 0 unspecified atom stereocenters. The fraction of sp³-hybridized carbons (Fsp3) is 0.435. The first kappa shape index (κ1) is 22.8. The van der Waals surface area contributed by atoms with Crippen molar-refractivity contribution >= 4 is 12.0 Å². The molecule has 0 spiro atoms. The molecule has 0 amide bonds. The Morgan fingerprint density at radius 2 is 2.00 bits per heavy atom. The summed E-state index contributed by atoms with van der Waals surface area (Å²) in [6, 6.07) is 5.89. The summed E-state index contributed by atoms with van der Waals surface area (Å²) in [5.74, 6) is -2.33. The maximum absolute atomic E-state index is 13.4. The van der Waals surface area contributed by atoms with Crippen molar-refractivity contribution in [1.29, 1.82) is 0 Å². The normalized spacial score (nSPS) is 21.0. The monoisotopic (exact) mass is 430 g/mol. The molecule has 1 fully saturated rings. The highest BCUT2D eigenvalue weighted by Crippen LogP contribution is 2.31. The van der Waals surface area contributed by atoms with Crippen LogP contribution in [0.4, 0.5) is 4.39 Å². The van der Waals surface area contributed by atoms with Gasteiger partial charge in [-0.25, -0.2) is 9.49 Å². The lowest BCUT2D eigenvalue weighted by Gasteiger charge is -2.39. The predicted octanol–water partition coefficient (Wildman–Crippen LogP) is 4.10. The fourth-order valence-corrected chi connectivity index (χ4v) is 3.84. The summed E-state index contributed by atoms with van der Waals surface area (Å²) in [6.07, 6.45) is 2.92. The highest BCUT2D eigenvalue weighted by Gasteiger charge is 2.35. The number of aliphatic carboxylic acids is 1. The van der Waals surface area contributed by atoms with Crippen LogP contribution in [0.5, 0.6) is 0 Å². The molecule has 0 bridgehead atoms. The van der Waals surface area contributed by atoms with Crippen LogP contribution >= 0.6 is 0 Å². The smallest absolute Gasteiger partial charge is 0.305 e. The number of hydrogen-bond donors (Lipinski definition) is 2. The molecule has 1 aliphatic heterocycles. The van der Waals surface area contributed by atoms with E-state index in [0.29, 0.717) is 28.8 Å². The number of nitrogens with one attached hydrogen (secondary N) is 1. The maximum atomic E-state index is 13.4. The summed E-state index contributed by atoms with van der Waals surface area (Å²) in [4.78, 5) is 23.7. The average molecular weight is 430 g/mol. The van der Waals surface area contributed by atoms with Crippen LogP contribution < -0.4 is 5.56 Å². The third-order valence-corrected chi connectivity index (χ3v) is 5.01. The number of aromatic amines is 1. The Morgan fingerprint density at radius 1 is 1.32 bits per heavy atom. The van der Waals surface area contributed by atoms with E-state index in [2.05, 4.69) is 10.2 Å². The summed E-state index contributed by atoms with van der Waals surface area (Å²) in [7, 11) is 0. The van der Waals surface area contributed by atoms with Gasteiger partial charge in [-0.2, -0.15) is 5.10 Å². The molecular formula is C23H27FN2O5. The quantitative estimate of drug-likeness (QED) is 0.716. The number of aromatic nitrogens is 2. The Balaban J connectivity index is 2.01. The van der Waals surface area contributed by atoms with Gasteiger partial charge in [0.2, 0.25) is 0 Å². The molecule has 7 nitrogen and oxygen atoms in total. The van der Waals surface area contributed by atoms with Crippen molar-refractivity contribution in [2.24, 2.45) is 0 Å². The number of nitrogens with zero attached hydrogens (tertiary/aromatic N) is 1. The van der Waals surface area contributed by atoms with E-state index >= 15 is 0 Å². The number of H-pyrrole nitrogens is 1. The van der Waals surface area contributed by atoms with Gasteiger partial charge in [0.1, 0.15) is 5.82 Å². The molecule has 166 valence electrons. The van der Waals surface area contributed by atoms with Crippen LogP contribution in [-0.4, -0.2) is 39.3 Å². The molecule has 31 heavy (non-hydrogen) atoms. The summed E-state index contributed by atoms with van der Waals surface area (Å²) < 4.78 is 25.1. The Labute approximate surface area is 179 Å². The summed E-state index contributed by atoms with van der Waals surface area (Å²) in [5, 5.41) is 15.9.